The summed E-state index contributed by atoms with van der Waals surface area (Å²) in [6.45, 7) is 0. The largest absolute Gasteiger partial charge is 0.470 e. The van der Waals surface area contributed by atoms with E-state index < -0.39 is 0 Å². The van der Waals surface area contributed by atoms with Crippen LogP contribution in [0.1, 0.15) is 23.6 Å². The molecule has 0 aliphatic carbocycles. The van der Waals surface area contributed by atoms with Gasteiger partial charge in [0.05, 0.1) is 11.1 Å². The number of rotatable bonds is 0. The van der Waals surface area contributed by atoms with Gasteiger partial charge in [0.25, 0.3) is 0 Å². The molecule has 120 valence electrons. The molecule has 0 amide bonds. The van der Waals surface area contributed by atoms with Crippen LogP contribution in [0, 0.1) is 0 Å². The van der Waals surface area contributed by atoms with Crippen molar-refractivity contribution in [2.45, 2.75) is 12.5 Å². The molecule has 25 heavy (non-hydrogen) atoms. The van der Waals surface area contributed by atoms with Crippen molar-refractivity contribution in [3.05, 3.63) is 83.9 Å². The zero-order valence-electron chi connectivity index (χ0n) is 13.4. The van der Waals surface area contributed by atoms with Crippen LogP contribution in [0.5, 0.6) is 11.5 Å². The van der Waals surface area contributed by atoms with Crippen molar-refractivity contribution < 1.29 is 9.47 Å². The summed E-state index contributed by atoms with van der Waals surface area (Å²) in [5.74, 6) is 1.79. The third-order valence-corrected chi connectivity index (χ3v) is 5.18. The van der Waals surface area contributed by atoms with E-state index in [0.717, 1.165) is 22.6 Å². The van der Waals surface area contributed by atoms with Crippen molar-refractivity contribution in [3.8, 4) is 11.5 Å². The van der Waals surface area contributed by atoms with E-state index in [9.17, 15) is 0 Å². The quantitative estimate of drug-likeness (QED) is 0.490. The van der Waals surface area contributed by atoms with Crippen molar-refractivity contribution in [2.24, 2.45) is 0 Å². The molecule has 0 saturated heterocycles. The van der Waals surface area contributed by atoms with Gasteiger partial charge < -0.3 is 9.47 Å². The Morgan fingerprint density at radius 2 is 1.04 bits per heavy atom. The van der Waals surface area contributed by atoms with Crippen molar-refractivity contribution in [3.63, 3.8) is 0 Å². The van der Waals surface area contributed by atoms with Crippen LogP contribution in [-0.2, 0) is 0 Å². The minimum atomic E-state index is -0.200. The minimum absolute atomic E-state index is 0.200. The predicted octanol–water partition coefficient (Wildman–Crippen LogP) is 5.06. The maximum absolute atomic E-state index is 6.35. The first-order valence-electron chi connectivity index (χ1n) is 8.51. The highest BCUT2D eigenvalue weighted by atomic mass is 16.5. The van der Waals surface area contributed by atoms with Gasteiger partial charge in [-0.1, -0.05) is 60.7 Å². The van der Waals surface area contributed by atoms with Crippen molar-refractivity contribution in [1.29, 1.82) is 0 Å². The van der Waals surface area contributed by atoms with Gasteiger partial charge in [0, 0.05) is 0 Å². The minimum Gasteiger partial charge on any atom is -0.470 e. The summed E-state index contributed by atoms with van der Waals surface area (Å²) in [6.07, 6.45) is -0.401. The molecule has 2 bridgehead atoms. The predicted molar refractivity (Wildman–Crippen MR) is 97.8 cm³/mol. The molecule has 6 rings (SSSR count). The first-order chi connectivity index (χ1) is 12.4. The highest BCUT2D eigenvalue weighted by molar-refractivity contribution is 5.90. The highest BCUT2D eigenvalue weighted by Gasteiger charge is 2.38. The third-order valence-electron chi connectivity index (χ3n) is 5.18. The van der Waals surface area contributed by atoms with Gasteiger partial charge in [-0.2, -0.15) is 0 Å². The molecule has 0 radical (unpaired) electrons. The van der Waals surface area contributed by atoms with E-state index in [1.165, 1.54) is 21.5 Å². The van der Waals surface area contributed by atoms with Crippen LogP contribution in [-0.4, -0.2) is 0 Å². The van der Waals surface area contributed by atoms with Gasteiger partial charge in [0.2, 0.25) is 0 Å². The zero-order valence-corrected chi connectivity index (χ0v) is 13.4. The van der Waals surface area contributed by atoms with Crippen molar-refractivity contribution in [1.82, 2.24) is 5.32 Å². The Labute approximate surface area is 144 Å². The van der Waals surface area contributed by atoms with Crippen molar-refractivity contribution in [2.75, 3.05) is 0 Å². The number of ether oxygens (including phenoxy) is 2. The molecule has 0 saturated carbocycles. The smallest absolute Gasteiger partial charge is 0.183 e. The van der Waals surface area contributed by atoms with Crippen LogP contribution >= 0.6 is 0 Å². The molecular formula is C22H15NO2. The Hall–Kier alpha value is -3.04. The van der Waals surface area contributed by atoms with E-state index in [0.29, 0.717) is 0 Å². The topological polar surface area (TPSA) is 30.5 Å². The van der Waals surface area contributed by atoms with Crippen LogP contribution in [0.2, 0.25) is 0 Å². The Balaban J connectivity index is 1.59. The number of hydrogen-bond donors (Lipinski definition) is 1. The lowest BCUT2D eigenvalue weighted by molar-refractivity contribution is 0.0188. The Bertz CT molecular complexity index is 1060. The van der Waals surface area contributed by atoms with Crippen LogP contribution in [0.4, 0.5) is 0 Å². The number of fused-ring (bicyclic) bond motifs is 10. The fourth-order valence-electron chi connectivity index (χ4n) is 4.04. The highest BCUT2D eigenvalue weighted by Crippen LogP contribution is 2.47. The second-order valence-electron chi connectivity index (χ2n) is 6.56. The van der Waals surface area contributed by atoms with E-state index in [2.05, 4.69) is 78.1 Å². The zero-order chi connectivity index (χ0) is 16.4. The fraction of sp³-hybridized carbons (Fsp3) is 0.0909. The second kappa shape index (κ2) is 4.74. The van der Waals surface area contributed by atoms with Gasteiger partial charge >= 0.3 is 0 Å². The van der Waals surface area contributed by atoms with Gasteiger partial charge in [0.1, 0.15) is 11.5 Å². The number of benzene rings is 4. The lowest BCUT2D eigenvalue weighted by atomic mass is 9.96. The van der Waals surface area contributed by atoms with Gasteiger partial charge in [-0.15, -0.1) is 0 Å². The van der Waals surface area contributed by atoms with Crippen molar-refractivity contribution >= 4 is 21.5 Å². The molecule has 3 heteroatoms. The average molecular weight is 325 g/mol. The lowest BCUT2D eigenvalue weighted by Gasteiger charge is -2.40. The van der Waals surface area contributed by atoms with Crippen LogP contribution in [0.15, 0.2) is 72.8 Å². The first-order valence-corrected chi connectivity index (χ1v) is 8.51. The first kappa shape index (κ1) is 13.3. The number of nitrogens with one attached hydrogen (secondary N) is 1. The molecular weight excluding hydrogens is 310 g/mol. The van der Waals surface area contributed by atoms with E-state index >= 15 is 0 Å². The Morgan fingerprint density at radius 3 is 1.56 bits per heavy atom. The molecule has 2 aliphatic heterocycles. The van der Waals surface area contributed by atoms with Gasteiger partial charge in [0.15, 0.2) is 12.5 Å². The van der Waals surface area contributed by atoms with Crippen LogP contribution in [0.3, 0.4) is 0 Å². The molecule has 1 N–H and O–H groups in total. The van der Waals surface area contributed by atoms with Crippen LogP contribution < -0.4 is 14.8 Å². The van der Waals surface area contributed by atoms with E-state index in [4.69, 9.17) is 9.47 Å². The molecule has 2 atom stereocenters. The molecule has 4 aromatic carbocycles. The summed E-state index contributed by atoms with van der Waals surface area (Å²) < 4.78 is 12.7. The molecule has 2 unspecified atom stereocenters. The summed E-state index contributed by atoms with van der Waals surface area (Å²) in [6, 6.07) is 25.0. The van der Waals surface area contributed by atoms with Gasteiger partial charge in [-0.3, -0.25) is 0 Å². The SMILES string of the molecule is c1ccc2c3c(ccc2c1)OC1NC3Oc2ccc3ccccc3c21. The lowest BCUT2D eigenvalue weighted by Crippen LogP contribution is -2.41. The second-order valence-corrected chi connectivity index (χ2v) is 6.56. The molecule has 2 aliphatic rings. The summed E-state index contributed by atoms with van der Waals surface area (Å²) in [5.41, 5.74) is 2.15. The molecule has 4 aromatic rings. The molecule has 0 fully saturated rings. The molecule has 0 aromatic heterocycles. The summed E-state index contributed by atoms with van der Waals surface area (Å²) in [7, 11) is 0. The third kappa shape index (κ3) is 1.79. The monoisotopic (exact) mass is 325 g/mol. The summed E-state index contributed by atoms with van der Waals surface area (Å²) in [5, 5.41) is 8.22. The van der Waals surface area contributed by atoms with E-state index in [1.807, 2.05) is 0 Å². The summed E-state index contributed by atoms with van der Waals surface area (Å²) >= 11 is 0. The van der Waals surface area contributed by atoms with Crippen LogP contribution in [0.25, 0.3) is 21.5 Å². The number of hydrogen-bond acceptors (Lipinski definition) is 3. The van der Waals surface area contributed by atoms with Gasteiger partial charge in [-0.25, -0.2) is 5.32 Å². The molecule has 2 heterocycles. The van der Waals surface area contributed by atoms with E-state index in [1.54, 1.807) is 0 Å². The maximum Gasteiger partial charge on any atom is 0.183 e. The van der Waals surface area contributed by atoms with E-state index in [-0.39, 0.29) is 12.5 Å². The normalized spacial score (nSPS) is 20.5. The molecule has 0 spiro atoms. The Morgan fingerprint density at radius 1 is 0.560 bits per heavy atom. The Kier molecular flexibility index (Phi) is 2.52. The average Bonchev–Trinajstić information content (AvgIpc) is 2.67. The van der Waals surface area contributed by atoms with Gasteiger partial charge in [-0.05, 0) is 33.7 Å². The summed E-state index contributed by atoms with van der Waals surface area (Å²) in [4.78, 5) is 0. The maximum atomic E-state index is 6.35. The standard InChI is InChI=1S/C22H15NO2/c1-3-7-15-13(5-1)9-11-17-19(15)21-23-22(24-17)20-16-8-4-2-6-14(16)10-12-18(20)25-21/h1-12,21-23H. The molecule has 3 nitrogen and oxygen atoms in total. The fourth-order valence-corrected chi connectivity index (χ4v) is 4.04.